The Morgan fingerprint density at radius 1 is 1.46 bits per heavy atom. The Balaban J connectivity index is 2.18. The van der Waals surface area contributed by atoms with E-state index in [-0.39, 0.29) is 0 Å². The molecule has 0 amide bonds. The van der Waals surface area contributed by atoms with E-state index in [4.69, 9.17) is 4.74 Å². The molecule has 0 spiro atoms. The molecule has 70 valence electrons. The van der Waals surface area contributed by atoms with E-state index in [1.807, 2.05) is 12.3 Å². The first-order valence-electron chi connectivity index (χ1n) is 4.53. The largest absolute Gasteiger partial charge is 0.495 e. The summed E-state index contributed by atoms with van der Waals surface area (Å²) in [5.41, 5.74) is 1.14. The molecule has 0 atom stereocenters. The summed E-state index contributed by atoms with van der Waals surface area (Å²) in [5, 5.41) is 0. The third-order valence-electron chi connectivity index (χ3n) is 2.44. The molecule has 0 aromatic carbocycles. The average molecular weight is 178 g/mol. The van der Waals surface area contributed by atoms with Gasteiger partial charge in [0, 0.05) is 19.2 Å². The molecule has 1 saturated carbocycles. The minimum absolute atomic E-state index is 0.717. The molecular formula is C10H14N2O. The molecule has 13 heavy (non-hydrogen) atoms. The molecule has 0 aliphatic heterocycles. The Hall–Kier alpha value is -1.25. The Kier molecular flexibility index (Phi) is 2.08. The highest BCUT2D eigenvalue weighted by atomic mass is 16.5. The van der Waals surface area contributed by atoms with Crippen LogP contribution >= 0.6 is 0 Å². The van der Waals surface area contributed by atoms with E-state index in [2.05, 4.69) is 16.9 Å². The fraction of sp³-hybridized carbons (Fsp3) is 0.500. The van der Waals surface area contributed by atoms with Crippen LogP contribution in [0.3, 0.4) is 0 Å². The minimum atomic E-state index is 0.717. The maximum atomic E-state index is 5.12. The normalized spacial score (nSPS) is 15.5. The van der Waals surface area contributed by atoms with Crippen molar-refractivity contribution >= 4 is 5.69 Å². The van der Waals surface area contributed by atoms with E-state index < -0.39 is 0 Å². The molecule has 0 radical (unpaired) electrons. The lowest BCUT2D eigenvalue weighted by Gasteiger charge is -2.18. The first-order valence-corrected chi connectivity index (χ1v) is 4.53. The number of methoxy groups -OCH3 is 1. The first-order chi connectivity index (χ1) is 6.31. The number of hydrogen-bond donors (Lipinski definition) is 0. The van der Waals surface area contributed by atoms with Gasteiger partial charge in [-0.05, 0) is 12.8 Å². The van der Waals surface area contributed by atoms with Gasteiger partial charge in [0.15, 0.2) is 0 Å². The van der Waals surface area contributed by atoms with Crippen molar-refractivity contribution in [3.63, 3.8) is 0 Å². The molecule has 1 aliphatic carbocycles. The van der Waals surface area contributed by atoms with Crippen molar-refractivity contribution in [2.75, 3.05) is 19.1 Å². The number of aromatic nitrogens is 1. The zero-order chi connectivity index (χ0) is 9.26. The van der Waals surface area contributed by atoms with Crippen LogP contribution in [0.4, 0.5) is 5.69 Å². The quantitative estimate of drug-likeness (QED) is 0.704. The Bertz CT molecular complexity index is 297. The van der Waals surface area contributed by atoms with Gasteiger partial charge in [0.2, 0.25) is 0 Å². The van der Waals surface area contributed by atoms with Crippen molar-refractivity contribution in [2.45, 2.75) is 18.9 Å². The predicted molar refractivity (Wildman–Crippen MR) is 52.2 cm³/mol. The van der Waals surface area contributed by atoms with Crippen molar-refractivity contribution in [3.05, 3.63) is 18.5 Å². The van der Waals surface area contributed by atoms with E-state index in [1.165, 1.54) is 12.8 Å². The second kappa shape index (κ2) is 3.24. The van der Waals surface area contributed by atoms with Gasteiger partial charge in [0.1, 0.15) is 5.75 Å². The van der Waals surface area contributed by atoms with Gasteiger partial charge in [-0.25, -0.2) is 0 Å². The van der Waals surface area contributed by atoms with E-state index >= 15 is 0 Å². The lowest BCUT2D eigenvalue weighted by molar-refractivity contribution is 0.413. The number of nitrogens with zero attached hydrogens (tertiary/aromatic N) is 2. The molecule has 0 N–H and O–H groups in total. The van der Waals surface area contributed by atoms with E-state index in [0.717, 1.165) is 11.4 Å². The molecule has 3 nitrogen and oxygen atoms in total. The molecule has 1 aliphatic rings. The molecule has 0 saturated heterocycles. The summed E-state index contributed by atoms with van der Waals surface area (Å²) in [6, 6.07) is 2.74. The number of pyridine rings is 1. The van der Waals surface area contributed by atoms with Crippen LogP contribution in [0.2, 0.25) is 0 Å². The Morgan fingerprint density at radius 2 is 2.23 bits per heavy atom. The van der Waals surface area contributed by atoms with Crippen LogP contribution in [0.1, 0.15) is 12.8 Å². The Labute approximate surface area is 78.3 Å². The zero-order valence-electron chi connectivity index (χ0n) is 8.03. The van der Waals surface area contributed by atoms with Crippen molar-refractivity contribution in [2.24, 2.45) is 0 Å². The van der Waals surface area contributed by atoms with Crippen molar-refractivity contribution in [3.8, 4) is 5.75 Å². The summed E-state index contributed by atoms with van der Waals surface area (Å²) in [7, 11) is 3.77. The summed E-state index contributed by atoms with van der Waals surface area (Å²) < 4.78 is 5.12. The summed E-state index contributed by atoms with van der Waals surface area (Å²) in [4.78, 5) is 6.38. The molecule has 0 unspecified atom stereocenters. The second-order valence-corrected chi connectivity index (χ2v) is 3.43. The van der Waals surface area contributed by atoms with Gasteiger partial charge >= 0.3 is 0 Å². The maximum Gasteiger partial charge on any atom is 0.139 e. The van der Waals surface area contributed by atoms with Gasteiger partial charge in [0.25, 0.3) is 0 Å². The van der Waals surface area contributed by atoms with Gasteiger partial charge in [-0.3, -0.25) is 4.98 Å². The van der Waals surface area contributed by atoms with Crippen LogP contribution in [0.15, 0.2) is 18.5 Å². The maximum absolute atomic E-state index is 5.12. The number of hydrogen-bond acceptors (Lipinski definition) is 3. The van der Waals surface area contributed by atoms with E-state index in [9.17, 15) is 0 Å². The average Bonchev–Trinajstić information content (AvgIpc) is 3.00. The second-order valence-electron chi connectivity index (χ2n) is 3.43. The van der Waals surface area contributed by atoms with Crippen molar-refractivity contribution in [1.82, 2.24) is 4.98 Å². The van der Waals surface area contributed by atoms with Crippen LogP contribution in [0.5, 0.6) is 5.75 Å². The highest BCUT2D eigenvalue weighted by molar-refractivity contribution is 5.49. The number of ether oxygens (including phenoxy) is 1. The summed E-state index contributed by atoms with van der Waals surface area (Å²) in [5.74, 6) is 0.824. The molecule has 1 aromatic rings. The fourth-order valence-corrected chi connectivity index (χ4v) is 1.38. The molecule has 1 fully saturated rings. The highest BCUT2D eigenvalue weighted by Gasteiger charge is 2.26. The summed E-state index contributed by atoms with van der Waals surface area (Å²) in [6.45, 7) is 0. The smallest absolute Gasteiger partial charge is 0.139 e. The molecular weight excluding hydrogens is 164 g/mol. The third kappa shape index (κ3) is 1.74. The number of anilines is 1. The van der Waals surface area contributed by atoms with Crippen LogP contribution in [-0.2, 0) is 0 Å². The minimum Gasteiger partial charge on any atom is -0.495 e. The third-order valence-corrected chi connectivity index (χ3v) is 2.44. The monoisotopic (exact) mass is 178 g/mol. The van der Waals surface area contributed by atoms with Crippen LogP contribution < -0.4 is 9.64 Å². The van der Waals surface area contributed by atoms with Crippen molar-refractivity contribution < 1.29 is 4.74 Å². The standard InChI is InChI=1S/C10H14N2O/c1-12(8-3-4-8)9-5-10(13-2)7-11-6-9/h5-8H,3-4H2,1-2H3. The van der Waals surface area contributed by atoms with Crippen LogP contribution in [0.25, 0.3) is 0 Å². The molecule has 0 bridgehead atoms. The fourth-order valence-electron chi connectivity index (χ4n) is 1.38. The van der Waals surface area contributed by atoms with Crippen LogP contribution in [0, 0.1) is 0 Å². The Morgan fingerprint density at radius 3 is 2.85 bits per heavy atom. The van der Waals surface area contributed by atoms with Gasteiger partial charge in [0.05, 0.1) is 25.2 Å². The van der Waals surface area contributed by atoms with Gasteiger partial charge < -0.3 is 9.64 Å². The molecule has 1 aromatic heterocycles. The van der Waals surface area contributed by atoms with Crippen LogP contribution in [-0.4, -0.2) is 25.2 Å². The topological polar surface area (TPSA) is 25.4 Å². The number of rotatable bonds is 3. The highest BCUT2D eigenvalue weighted by Crippen LogP contribution is 2.30. The summed E-state index contributed by atoms with van der Waals surface area (Å²) >= 11 is 0. The first kappa shape index (κ1) is 8.35. The predicted octanol–water partition coefficient (Wildman–Crippen LogP) is 1.69. The SMILES string of the molecule is COc1cncc(N(C)C2CC2)c1. The molecule has 3 heteroatoms. The van der Waals surface area contributed by atoms with Crippen molar-refractivity contribution in [1.29, 1.82) is 0 Å². The lowest BCUT2D eigenvalue weighted by atomic mass is 10.3. The van der Waals surface area contributed by atoms with Gasteiger partial charge in [-0.15, -0.1) is 0 Å². The zero-order valence-corrected chi connectivity index (χ0v) is 8.03. The van der Waals surface area contributed by atoms with Gasteiger partial charge in [-0.1, -0.05) is 0 Å². The lowest BCUT2D eigenvalue weighted by Crippen LogP contribution is -2.19. The van der Waals surface area contributed by atoms with E-state index in [1.54, 1.807) is 13.3 Å². The van der Waals surface area contributed by atoms with Gasteiger partial charge in [-0.2, -0.15) is 0 Å². The van der Waals surface area contributed by atoms with E-state index in [0.29, 0.717) is 6.04 Å². The molecule has 2 rings (SSSR count). The summed E-state index contributed by atoms with van der Waals surface area (Å²) in [6.07, 6.45) is 6.20. The molecule has 1 heterocycles.